The standard InChI is InChI=1S/C5H5Cl2N/c6-5-3-1-2-4-8(5)7/h1-3H,4H2. The van der Waals surface area contributed by atoms with Gasteiger partial charge in [0.1, 0.15) is 5.16 Å². The monoisotopic (exact) mass is 149 g/mol. The Balaban J connectivity index is 2.66. The summed E-state index contributed by atoms with van der Waals surface area (Å²) in [5.41, 5.74) is 0. The van der Waals surface area contributed by atoms with Crippen LogP contribution in [0.4, 0.5) is 0 Å². The maximum Gasteiger partial charge on any atom is 0.119 e. The second-order valence-electron chi connectivity index (χ2n) is 1.46. The van der Waals surface area contributed by atoms with Crippen LogP contribution < -0.4 is 0 Å². The van der Waals surface area contributed by atoms with Crippen molar-refractivity contribution in [3.05, 3.63) is 23.4 Å². The largest absolute Gasteiger partial charge is 0.271 e. The zero-order valence-corrected chi connectivity index (χ0v) is 5.65. The Kier molecular flexibility index (Phi) is 1.81. The molecule has 1 rings (SSSR count). The minimum atomic E-state index is 0.578. The molecule has 0 bridgehead atoms. The van der Waals surface area contributed by atoms with Crippen LogP contribution in [0.2, 0.25) is 0 Å². The molecule has 0 aromatic carbocycles. The summed E-state index contributed by atoms with van der Waals surface area (Å²) in [5.74, 6) is 0. The van der Waals surface area contributed by atoms with E-state index in [1.165, 1.54) is 4.42 Å². The normalized spacial score (nSPS) is 18.8. The molecule has 0 amide bonds. The van der Waals surface area contributed by atoms with Crippen LogP contribution in [-0.2, 0) is 0 Å². The smallest absolute Gasteiger partial charge is 0.119 e. The minimum Gasteiger partial charge on any atom is -0.271 e. The Morgan fingerprint density at radius 2 is 2.38 bits per heavy atom. The van der Waals surface area contributed by atoms with Crippen LogP contribution in [0, 0.1) is 0 Å². The zero-order chi connectivity index (χ0) is 5.98. The van der Waals surface area contributed by atoms with Crippen molar-refractivity contribution < 1.29 is 0 Å². The van der Waals surface area contributed by atoms with E-state index >= 15 is 0 Å². The number of allylic oxidation sites excluding steroid dienone is 2. The van der Waals surface area contributed by atoms with Gasteiger partial charge in [-0.2, -0.15) is 0 Å². The first kappa shape index (κ1) is 5.99. The van der Waals surface area contributed by atoms with Crippen LogP contribution in [0.5, 0.6) is 0 Å². The van der Waals surface area contributed by atoms with Crippen molar-refractivity contribution in [1.29, 1.82) is 0 Å². The average Bonchev–Trinajstić information content (AvgIpc) is 1.77. The Morgan fingerprint density at radius 3 is 2.75 bits per heavy atom. The van der Waals surface area contributed by atoms with Gasteiger partial charge in [0.25, 0.3) is 0 Å². The van der Waals surface area contributed by atoms with Crippen molar-refractivity contribution in [3.8, 4) is 0 Å². The van der Waals surface area contributed by atoms with E-state index in [1.54, 1.807) is 6.08 Å². The number of halogens is 2. The molecule has 0 N–H and O–H groups in total. The fourth-order valence-corrected chi connectivity index (χ4v) is 0.747. The summed E-state index contributed by atoms with van der Waals surface area (Å²) in [4.78, 5) is 0. The topological polar surface area (TPSA) is 3.24 Å². The molecule has 1 heterocycles. The van der Waals surface area contributed by atoms with E-state index in [-0.39, 0.29) is 0 Å². The summed E-state index contributed by atoms with van der Waals surface area (Å²) in [6.45, 7) is 0.691. The molecule has 8 heavy (non-hydrogen) atoms. The van der Waals surface area contributed by atoms with Crippen molar-refractivity contribution in [1.82, 2.24) is 4.42 Å². The molecule has 0 aromatic rings. The molecule has 1 aliphatic rings. The summed E-state index contributed by atoms with van der Waals surface area (Å²) in [7, 11) is 0. The number of rotatable bonds is 0. The van der Waals surface area contributed by atoms with Crippen LogP contribution >= 0.6 is 23.4 Å². The van der Waals surface area contributed by atoms with Gasteiger partial charge in [-0.1, -0.05) is 23.8 Å². The molecule has 0 radical (unpaired) electrons. The predicted octanol–water partition coefficient (Wildman–Crippen LogP) is 2.09. The van der Waals surface area contributed by atoms with Gasteiger partial charge in [-0.3, -0.25) is 4.42 Å². The highest BCUT2D eigenvalue weighted by Crippen LogP contribution is 2.15. The molecule has 0 atom stereocenters. The molecule has 0 saturated heterocycles. The van der Waals surface area contributed by atoms with Crippen molar-refractivity contribution in [2.24, 2.45) is 0 Å². The molecule has 0 aliphatic carbocycles. The molecule has 1 aliphatic heterocycles. The fourth-order valence-electron chi connectivity index (χ4n) is 0.469. The van der Waals surface area contributed by atoms with Gasteiger partial charge in [0.15, 0.2) is 0 Å². The van der Waals surface area contributed by atoms with Gasteiger partial charge in [0.2, 0.25) is 0 Å². The molecular weight excluding hydrogens is 145 g/mol. The first-order valence-corrected chi connectivity index (χ1v) is 2.98. The third kappa shape index (κ3) is 1.17. The van der Waals surface area contributed by atoms with Gasteiger partial charge in [-0.25, -0.2) is 0 Å². The van der Waals surface area contributed by atoms with Crippen molar-refractivity contribution in [3.63, 3.8) is 0 Å². The number of nitrogens with zero attached hydrogens (tertiary/aromatic N) is 1. The molecule has 0 fully saturated rings. The van der Waals surface area contributed by atoms with Crippen LogP contribution in [-0.4, -0.2) is 11.0 Å². The van der Waals surface area contributed by atoms with E-state index in [1.807, 2.05) is 12.2 Å². The lowest BCUT2D eigenvalue weighted by Gasteiger charge is -2.13. The Hall–Kier alpha value is -0.140. The SMILES string of the molecule is ClC1=CC=CCN1Cl. The Bertz CT molecular complexity index is 139. The molecule has 0 saturated carbocycles. The maximum atomic E-state index is 5.57. The van der Waals surface area contributed by atoms with E-state index in [4.69, 9.17) is 23.4 Å². The van der Waals surface area contributed by atoms with E-state index in [2.05, 4.69) is 0 Å². The molecular formula is C5H5Cl2N. The van der Waals surface area contributed by atoms with Crippen LogP contribution in [0.3, 0.4) is 0 Å². The number of hydrogen-bond acceptors (Lipinski definition) is 1. The highest BCUT2D eigenvalue weighted by atomic mass is 35.5. The maximum absolute atomic E-state index is 5.57. The second kappa shape index (κ2) is 2.42. The quantitative estimate of drug-likeness (QED) is 0.377. The van der Waals surface area contributed by atoms with E-state index < -0.39 is 0 Å². The van der Waals surface area contributed by atoms with Crippen LogP contribution in [0.1, 0.15) is 0 Å². The molecule has 1 nitrogen and oxygen atoms in total. The van der Waals surface area contributed by atoms with Gasteiger partial charge in [-0.05, 0) is 6.08 Å². The Morgan fingerprint density at radius 1 is 1.62 bits per heavy atom. The van der Waals surface area contributed by atoms with E-state index in [0.717, 1.165) is 0 Å². The van der Waals surface area contributed by atoms with Crippen molar-refractivity contribution in [2.75, 3.05) is 6.54 Å². The molecule has 0 unspecified atom stereocenters. The molecule has 3 heteroatoms. The first-order chi connectivity index (χ1) is 3.80. The van der Waals surface area contributed by atoms with Gasteiger partial charge in [0.05, 0.1) is 6.54 Å². The van der Waals surface area contributed by atoms with E-state index in [9.17, 15) is 0 Å². The Labute approximate surface area is 58.3 Å². The highest BCUT2D eigenvalue weighted by molar-refractivity contribution is 6.33. The lowest BCUT2D eigenvalue weighted by Crippen LogP contribution is -2.09. The summed E-state index contributed by atoms with van der Waals surface area (Å²) < 4.78 is 1.45. The predicted molar refractivity (Wildman–Crippen MR) is 35.6 cm³/mol. The summed E-state index contributed by atoms with van der Waals surface area (Å²) in [5, 5.41) is 0.578. The molecule has 0 aromatic heterocycles. The third-order valence-corrected chi connectivity index (χ3v) is 1.60. The number of hydrogen-bond donors (Lipinski definition) is 0. The van der Waals surface area contributed by atoms with Gasteiger partial charge >= 0.3 is 0 Å². The van der Waals surface area contributed by atoms with Gasteiger partial charge in [0, 0.05) is 11.8 Å². The first-order valence-electron chi connectivity index (χ1n) is 2.26. The molecule has 44 valence electrons. The lowest BCUT2D eigenvalue weighted by atomic mass is 10.4. The third-order valence-electron chi connectivity index (χ3n) is 0.867. The summed E-state index contributed by atoms with van der Waals surface area (Å²) in [6.07, 6.45) is 5.55. The summed E-state index contributed by atoms with van der Waals surface area (Å²) >= 11 is 11.1. The summed E-state index contributed by atoms with van der Waals surface area (Å²) in [6, 6.07) is 0. The lowest BCUT2D eigenvalue weighted by molar-refractivity contribution is 0.651. The van der Waals surface area contributed by atoms with Crippen molar-refractivity contribution >= 4 is 23.4 Å². The average molecular weight is 150 g/mol. The molecule has 0 spiro atoms. The minimum absolute atomic E-state index is 0.578. The van der Waals surface area contributed by atoms with Crippen LogP contribution in [0.25, 0.3) is 0 Å². The highest BCUT2D eigenvalue weighted by Gasteiger charge is 2.01. The van der Waals surface area contributed by atoms with Gasteiger partial charge in [-0.15, -0.1) is 0 Å². The zero-order valence-electron chi connectivity index (χ0n) is 4.14. The van der Waals surface area contributed by atoms with E-state index in [0.29, 0.717) is 11.7 Å². The fraction of sp³-hybridized carbons (Fsp3) is 0.200. The van der Waals surface area contributed by atoms with Crippen molar-refractivity contribution in [2.45, 2.75) is 0 Å². The van der Waals surface area contributed by atoms with Crippen LogP contribution in [0.15, 0.2) is 23.4 Å². The second-order valence-corrected chi connectivity index (χ2v) is 2.26. The van der Waals surface area contributed by atoms with Gasteiger partial charge < -0.3 is 0 Å².